The highest BCUT2D eigenvalue weighted by Crippen LogP contribution is 2.15. The monoisotopic (exact) mass is 193 g/mol. The van der Waals surface area contributed by atoms with Crippen LogP contribution in [0.25, 0.3) is 0 Å². The predicted octanol–water partition coefficient (Wildman–Crippen LogP) is 1.62. The van der Waals surface area contributed by atoms with Crippen molar-refractivity contribution in [1.29, 1.82) is 0 Å². The zero-order valence-corrected chi connectivity index (χ0v) is 8.50. The zero-order valence-electron chi connectivity index (χ0n) is 8.50. The van der Waals surface area contributed by atoms with Crippen molar-refractivity contribution in [2.75, 3.05) is 11.9 Å². The maximum atomic E-state index is 11.2. The fraction of sp³-hybridized carbons (Fsp3) is 0.364. The molecule has 0 heterocycles. The molecular formula is C11H15NO2. The molecule has 0 saturated heterocycles. The molecule has 0 atom stereocenters. The normalized spacial score (nSPS) is 9.93. The summed E-state index contributed by atoms with van der Waals surface area (Å²) in [7, 11) is 0. The van der Waals surface area contributed by atoms with Crippen LogP contribution in [0.3, 0.4) is 0 Å². The number of aryl methyl sites for hydroxylation is 2. The van der Waals surface area contributed by atoms with E-state index in [0.717, 1.165) is 11.3 Å². The SMILES string of the molecule is Cc1ccc(NC(=O)CCO)c(C)c1. The van der Waals surface area contributed by atoms with Crippen LogP contribution in [0, 0.1) is 13.8 Å². The summed E-state index contributed by atoms with van der Waals surface area (Å²) < 4.78 is 0. The van der Waals surface area contributed by atoms with Gasteiger partial charge in [-0.1, -0.05) is 17.7 Å². The molecule has 0 saturated carbocycles. The lowest BCUT2D eigenvalue weighted by Crippen LogP contribution is -2.13. The van der Waals surface area contributed by atoms with Gasteiger partial charge in [0.25, 0.3) is 0 Å². The molecule has 3 heteroatoms. The molecule has 0 aliphatic carbocycles. The van der Waals surface area contributed by atoms with Crippen molar-refractivity contribution in [3.8, 4) is 0 Å². The number of benzene rings is 1. The van der Waals surface area contributed by atoms with Crippen LogP contribution in [0.15, 0.2) is 18.2 Å². The Morgan fingerprint density at radius 2 is 2.14 bits per heavy atom. The molecule has 3 nitrogen and oxygen atoms in total. The number of carbonyl (C=O) groups is 1. The third-order valence-corrected chi connectivity index (χ3v) is 1.99. The van der Waals surface area contributed by atoms with Gasteiger partial charge >= 0.3 is 0 Å². The largest absolute Gasteiger partial charge is 0.396 e. The third-order valence-electron chi connectivity index (χ3n) is 1.99. The Kier molecular flexibility index (Phi) is 3.65. The van der Waals surface area contributed by atoms with E-state index >= 15 is 0 Å². The number of hydrogen-bond donors (Lipinski definition) is 2. The van der Waals surface area contributed by atoms with E-state index in [2.05, 4.69) is 5.32 Å². The van der Waals surface area contributed by atoms with Gasteiger partial charge in [-0.3, -0.25) is 4.79 Å². The molecule has 0 aliphatic rings. The number of hydrogen-bond acceptors (Lipinski definition) is 2. The molecule has 0 aliphatic heterocycles. The van der Waals surface area contributed by atoms with Crippen LogP contribution in [0.5, 0.6) is 0 Å². The van der Waals surface area contributed by atoms with E-state index < -0.39 is 0 Å². The van der Waals surface area contributed by atoms with Gasteiger partial charge in [-0.15, -0.1) is 0 Å². The number of rotatable bonds is 3. The highest BCUT2D eigenvalue weighted by Gasteiger charge is 2.03. The smallest absolute Gasteiger partial charge is 0.226 e. The van der Waals surface area contributed by atoms with E-state index in [1.807, 2.05) is 32.0 Å². The topological polar surface area (TPSA) is 49.3 Å². The summed E-state index contributed by atoms with van der Waals surface area (Å²) in [5.41, 5.74) is 3.02. The second-order valence-corrected chi connectivity index (χ2v) is 3.34. The summed E-state index contributed by atoms with van der Waals surface area (Å²) in [5, 5.41) is 11.3. The van der Waals surface area contributed by atoms with Crippen LogP contribution in [-0.2, 0) is 4.79 Å². The molecule has 1 aromatic carbocycles. The molecule has 1 aromatic rings. The van der Waals surface area contributed by atoms with Gasteiger partial charge < -0.3 is 10.4 Å². The summed E-state index contributed by atoms with van der Waals surface area (Å²) in [4.78, 5) is 11.2. The molecule has 14 heavy (non-hydrogen) atoms. The van der Waals surface area contributed by atoms with Crippen molar-refractivity contribution in [2.45, 2.75) is 20.3 Å². The summed E-state index contributed by atoms with van der Waals surface area (Å²) >= 11 is 0. The van der Waals surface area contributed by atoms with Gasteiger partial charge in [0, 0.05) is 5.69 Å². The van der Waals surface area contributed by atoms with Crippen molar-refractivity contribution in [3.63, 3.8) is 0 Å². The molecule has 76 valence electrons. The first-order valence-corrected chi connectivity index (χ1v) is 4.61. The third kappa shape index (κ3) is 2.85. The maximum Gasteiger partial charge on any atom is 0.226 e. The lowest BCUT2D eigenvalue weighted by molar-refractivity contribution is -0.116. The van der Waals surface area contributed by atoms with Gasteiger partial charge in [-0.2, -0.15) is 0 Å². The quantitative estimate of drug-likeness (QED) is 0.766. The number of aliphatic hydroxyl groups is 1. The van der Waals surface area contributed by atoms with Crippen molar-refractivity contribution >= 4 is 11.6 Å². The predicted molar refractivity (Wildman–Crippen MR) is 56.2 cm³/mol. The lowest BCUT2D eigenvalue weighted by Gasteiger charge is -2.08. The van der Waals surface area contributed by atoms with Crippen LogP contribution < -0.4 is 5.32 Å². The van der Waals surface area contributed by atoms with Gasteiger partial charge in [0.15, 0.2) is 0 Å². The summed E-state index contributed by atoms with van der Waals surface area (Å²) in [6.45, 7) is 3.84. The van der Waals surface area contributed by atoms with Crippen molar-refractivity contribution in [1.82, 2.24) is 0 Å². The molecular weight excluding hydrogens is 178 g/mol. The van der Waals surface area contributed by atoms with E-state index in [0.29, 0.717) is 0 Å². The Balaban J connectivity index is 2.72. The van der Waals surface area contributed by atoms with E-state index in [4.69, 9.17) is 5.11 Å². The van der Waals surface area contributed by atoms with E-state index in [9.17, 15) is 4.79 Å². The van der Waals surface area contributed by atoms with E-state index in [-0.39, 0.29) is 18.9 Å². The number of nitrogens with one attached hydrogen (secondary N) is 1. The molecule has 0 aromatic heterocycles. The average Bonchev–Trinajstić information content (AvgIpc) is 2.10. The second kappa shape index (κ2) is 4.77. The van der Waals surface area contributed by atoms with Gasteiger partial charge in [0.1, 0.15) is 0 Å². The average molecular weight is 193 g/mol. The van der Waals surface area contributed by atoms with Gasteiger partial charge in [0.2, 0.25) is 5.91 Å². The van der Waals surface area contributed by atoms with E-state index in [1.165, 1.54) is 5.56 Å². The first-order chi connectivity index (χ1) is 6.63. The summed E-state index contributed by atoms with van der Waals surface area (Å²) in [6.07, 6.45) is 0.146. The number of aliphatic hydroxyl groups excluding tert-OH is 1. The lowest BCUT2D eigenvalue weighted by atomic mass is 10.1. The fourth-order valence-electron chi connectivity index (χ4n) is 1.27. The molecule has 1 rings (SSSR count). The molecule has 0 radical (unpaired) electrons. The molecule has 0 spiro atoms. The van der Waals surface area contributed by atoms with E-state index in [1.54, 1.807) is 0 Å². The van der Waals surface area contributed by atoms with Crippen molar-refractivity contribution < 1.29 is 9.90 Å². The Bertz CT molecular complexity index is 334. The standard InChI is InChI=1S/C11H15NO2/c1-8-3-4-10(9(2)7-8)12-11(14)5-6-13/h3-4,7,13H,5-6H2,1-2H3,(H,12,14). The number of amides is 1. The highest BCUT2D eigenvalue weighted by molar-refractivity contribution is 5.91. The molecule has 0 fully saturated rings. The molecule has 0 unspecified atom stereocenters. The first-order valence-electron chi connectivity index (χ1n) is 4.61. The first kappa shape index (κ1) is 10.7. The Morgan fingerprint density at radius 3 is 2.71 bits per heavy atom. The Hall–Kier alpha value is -1.35. The van der Waals surface area contributed by atoms with Crippen LogP contribution in [0.4, 0.5) is 5.69 Å². The van der Waals surface area contributed by atoms with Crippen molar-refractivity contribution in [2.24, 2.45) is 0 Å². The zero-order chi connectivity index (χ0) is 10.6. The Morgan fingerprint density at radius 1 is 1.43 bits per heavy atom. The van der Waals surface area contributed by atoms with Crippen LogP contribution in [0.1, 0.15) is 17.5 Å². The molecule has 2 N–H and O–H groups in total. The van der Waals surface area contributed by atoms with Crippen LogP contribution in [0.2, 0.25) is 0 Å². The van der Waals surface area contributed by atoms with Gasteiger partial charge in [-0.05, 0) is 25.5 Å². The van der Waals surface area contributed by atoms with Crippen LogP contribution in [-0.4, -0.2) is 17.6 Å². The minimum Gasteiger partial charge on any atom is -0.396 e. The summed E-state index contributed by atoms with van der Waals surface area (Å²) in [6, 6.07) is 5.83. The van der Waals surface area contributed by atoms with Gasteiger partial charge in [-0.25, -0.2) is 0 Å². The Labute approximate surface area is 83.8 Å². The number of carbonyl (C=O) groups excluding carboxylic acids is 1. The second-order valence-electron chi connectivity index (χ2n) is 3.34. The maximum absolute atomic E-state index is 11.2. The molecule has 1 amide bonds. The fourth-order valence-corrected chi connectivity index (χ4v) is 1.27. The minimum absolute atomic E-state index is 0.114. The highest BCUT2D eigenvalue weighted by atomic mass is 16.3. The van der Waals surface area contributed by atoms with Crippen molar-refractivity contribution in [3.05, 3.63) is 29.3 Å². The minimum atomic E-state index is -0.153. The molecule has 0 bridgehead atoms. The number of anilines is 1. The summed E-state index contributed by atoms with van der Waals surface area (Å²) in [5.74, 6) is -0.153. The van der Waals surface area contributed by atoms with Gasteiger partial charge in [0.05, 0.1) is 13.0 Å². The van der Waals surface area contributed by atoms with Crippen LogP contribution >= 0.6 is 0 Å².